The first-order valence-electron chi connectivity index (χ1n) is 7.69. The smallest absolute Gasteiger partial charge is 0.301 e. The molecule has 0 aliphatic heterocycles. The lowest BCUT2D eigenvalue weighted by Gasteiger charge is -2.04. The fraction of sp³-hybridized carbons (Fsp3) is 0.0526. The van der Waals surface area contributed by atoms with E-state index >= 15 is 0 Å². The minimum atomic E-state index is -0.589. The van der Waals surface area contributed by atoms with E-state index in [0.29, 0.717) is 5.69 Å². The maximum atomic E-state index is 12.2. The first-order chi connectivity index (χ1) is 12.1. The number of carbonyl (C=O) groups excluding carboxylic acids is 1. The van der Waals surface area contributed by atoms with Crippen LogP contribution in [0.15, 0.2) is 70.6 Å². The Morgan fingerprint density at radius 2 is 1.84 bits per heavy atom. The van der Waals surface area contributed by atoms with Crippen LogP contribution < -0.4 is 11.1 Å². The second-order valence-electron chi connectivity index (χ2n) is 5.41. The predicted octanol–water partition coefficient (Wildman–Crippen LogP) is 2.51. The lowest BCUT2D eigenvalue weighted by molar-refractivity contribution is 0.0949. The van der Waals surface area contributed by atoms with E-state index in [0.717, 1.165) is 16.7 Å². The Morgan fingerprint density at radius 3 is 2.60 bits per heavy atom. The summed E-state index contributed by atoms with van der Waals surface area (Å²) < 4.78 is 0. The molecule has 6 nitrogen and oxygen atoms in total. The third-order valence-corrected chi connectivity index (χ3v) is 3.62. The van der Waals surface area contributed by atoms with E-state index in [2.05, 4.69) is 20.5 Å². The van der Waals surface area contributed by atoms with Crippen molar-refractivity contribution in [2.45, 2.75) is 6.92 Å². The minimum absolute atomic E-state index is 0.0980. The van der Waals surface area contributed by atoms with Crippen LogP contribution in [0, 0.1) is 6.92 Å². The molecule has 0 fully saturated rings. The Hall–Kier alpha value is -3.54. The van der Waals surface area contributed by atoms with Gasteiger partial charge < -0.3 is 4.98 Å². The van der Waals surface area contributed by atoms with Crippen molar-refractivity contribution in [3.8, 4) is 11.3 Å². The van der Waals surface area contributed by atoms with Crippen LogP contribution in [0.3, 0.4) is 0 Å². The van der Waals surface area contributed by atoms with Gasteiger partial charge in [0.05, 0.1) is 11.9 Å². The van der Waals surface area contributed by atoms with Crippen LogP contribution in [0.5, 0.6) is 0 Å². The first-order valence-corrected chi connectivity index (χ1v) is 7.69. The van der Waals surface area contributed by atoms with E-state index in [4.69, 9.17) is 0 Å². The van der Waals surface area contributed by atoms with Gasteiger partial charge >= 0.3 is 5.69 Å². The van der Waals surface area contributed by atoms with Crippen molar-refractivity contribution < 1.29 is 4.79 Å². The minimum Gasteiger partial charge on any atom is -0.301 e. The molecule has 1 aromatic heterocycles. The Labute approximate surface area is 144 Å². The van der Waals surface area contributed by atoms with Crippen molar-refractivity contribution in [3.05, 3.63) is 88.0 Å². The predicted molar refractivity (Wildman–Crippen MR) is 96.5 cm³/mol. The number of aryl methyl sites for hydroxylation is 1. The normalized spacial score (nSPS) is 10.8. The highest BCUT2D eigenvalue weighted by molar-refractivity contribution is 5.94. The van der Waals surface area contributed by atoms with Crippen LogP contribution in [0.25, 0.3) is 11.3 Å². The first kappa shape index (κ1) is 16.3. The summed E-state index contributed by atoms with van der Waals surface area (Å²) in [7, 11) is 0. The zero-order valence-corrected chi connectivity index (χ0v) is 13.6. The van der Waals surface area contributed by atoms with Crippen LogP contribution in [0.4, 0.5) is 0 Å². The zero-order valence-electron chi connectivity index (χ0n) is 13.6. The largest absolute Gasteiger partial charge is 0.346 e. The highest BCUT2D eigenvalue weighted by Crippen LogP contribution is 2.15. The molecule has 0 saturated carbocycles. The molecule has 3 aromatic rings. The maximum absolute atomic E-state index is 12.2. The van der Waals surface area contributed by atoms with Gasteiger partial charge in [-0.15, -0.1) is 0 Å². The molecule has 0 radical (unpaired) electrons. The number of hydrazone groups is 1. The molecular weight excluding hydrogens is 316 g/mol. The maximum Gasteiger partial charge on any atom is 0.346 e. The highest BCUT2D eigenvalue weighted by Gasteiger charge is 2.09. The Morgan fingerprint density at radius 1 is 1.12 bits per heavy atom. The summed E-state index contributed by atoms with van der Waals surface area (Å²) in [6.07, 6.45) is 1.56. The van der Waals surface area contributed by atoms with Crippen LogP contribution in [-0.4, -0.2) is 22.1 Å². The van der Waals surface area contributed by atoms with E-state index in [1.165, 1.54) is 6.07 Å². The lowest BCUT2D eigenvalue weighted by atomic mass is 10.1. The van der Waals surface area contributed by atoms with Crippen LogP contribution in [-0.2, 0) is 0 Å². The van der Waals surface area contributed by atoms with Crippen molar-refractivity contribution in [2.75, 3.05) is 0 Å². The molecule has 25 heavy (non-hydrogen) atoms. The molecule has 3 rings (SSSR count). The molecular formula is C19H16N4O2. The van der Waals surface area contributed by atoms with Gasteiger partial charge in [-0.3, -0.25) is 4.79 Å². The van der Waals surface area contributed by atoms with Crippen LogP contribution >= 0.6 is 0 Å². The quantitative estimate of drug-likeness (QED) is 0.568. The van der Waals surface area contributed by atoms with Crippen LogP contribution in [0.1, 0.15) is 21.6 Å². The number of benzene rings is 2. The molecule has 0 aliphatic rings. The van der Waals surface area contributed by atoms with Gasteiger partial charge in [0.2, 0.25) is 0 Å². The zero-order chi connectivity index (χ0) is 17.6. The SMILES string of the molecule is Cc1ccccc1/C=N/NC(=O)c1cc(-c2ccccc2)nc(=O)[nH]1. The molecule has 0 unspecified atom stereocenters. The van der Waals surface area contributed by atoms with Crippen molar-refractivity contribution in [2.24, 2.45) is 5.10 Å². The summed E-state index contributed by atoms with van der Waals surface area (Å²) in [6, 6.07) is 18.4. The van der Waals surface area contributed by atoms with E-state index < -0.39 is 11.6 Å². The Kier molecular flexibility index (Phi) is 4.80. The summed E-state index contributed by atoms with van der Waals surface area (Å²) in [5.74, 6) is -0.512. The molecule has 2 aromatic carbocycles. The molecule has 1 heterocycles. The number of aromatic amines is 1. The van der Waals surface area contributed by atoms with Crippen molar-refractivity contribution >= 4 is 12.1 Å². The summed E-state index contributed by atoms with van der Waals surface area (Å²) in [4.78, 5) is 30.3. The van der Waals surface area contributed by atoms with Gasteiger partial charge in [0, 0.05) is 5.56 Å². The van der Waals surface area contributed by atoms with E-state index in [1.807, 2.05) is 61.5 Å². The highest BCUT2D eigenvalue weighted by atomic mass is 16.2. The number of rotatable bonds is 4. The van der Waals surface area contributed by atoms with E-state index in [1.54, 1.807) is 6.21 Å². The molecule has 2 N–H and O–H groups in total. The average molecular weight is 332 g/mol. The molecule has 6 heteroatoms. The number of hydrogen-bond donors (Lipinski definition) is 2. The summed E-state index contributed by atoms with van der Waals surface area (Å²) in [5.41, 5.74) is 5.05. The van der Waals surface area contributed by atoms with Gasteiger partial charge in [-0.1, -0.05) is 54.6 Å². The Bertz CT molecular complexity index is 978. The molecule has 0 atom stereocenters. The Balaban J connectivity index is 1.80. The molecule has 0 spiro atoms. The molecule has 0 bridgehead atoms. The van der Waals surface area contributed by atoms with Crippen molar-refractivity contribution in [1.82, 2.24) is 15.4 Å². The van der Waals surface area contributed by atoms with E-state index in [-0.39, 0.29) is 5.69 Å². The number of nitrogens with zero attached hydrogens (tertiary/aromatic N) is 2. The molecule has 0 aliphatic carbocycles. The van der Waals surface area contributed by atoms with Crippen LogP contribution in [0.2, 0.25) is 0 Å². The second-order valence-corrected chi connectivity index (χ2v) is 5.41. The molecule has 124 valence electrons. The van der Waals surface area contributed by atoms with E-state index in [9.17, 15) is 9.59 Å². The average Bonchev–Trinajstić information content (AvgIpc) is 2.63. The monoisotopic (exact) mass is 332 g/mol. The fourth-order valence-corrected chi connectivity index (χ4v) is 2.29. The number of aromatic nitrogens is 2. The number of H-pyrrole nitrogens is 1. The summed E-state index contributed by atoms with van der Waals surface area (Å²) in [6.45, 7) is 1.95. The summed E-state index contributed by atoms with van der Waals surface area (Å²) >= 11 is 0. The topological polar surface area (TPSA) is 87.2 Å². The van der Waals surface area contributed by atoms with Gasteiger partial charge in [0.1, 0.15) is 5.69 Å². The number of nitrogens with one attached hydrogen (secondary N) is 2. The third-order valence-electron chi connectivity index (χ3n) is 3.62. The second kappa shape index (κ2) is 7.35. The number of carbonyl (C=O) groups is 1. The lowest BCUT2D eigenvalue weighted by Crippen LogP contribution is -2.24. The molecule has 0 saturated heterocycles. The van der Waals surface area contributed by atoms with Gasteiger partial charge in [-0.2, -0.15) is 10.1 Å². The number of amides is 1. The van der Waals surface area contributed by atoms with Crippen molar-refractivity contribution in [1.29, 1.82) is 0 Å². The van der Waals surface area contributed by atoms with Gasteiger partial charge in [-0.25, -0.2) is 10.2 Å². The third kappa shape index (κ3) is 4.06. The van der Waals surface area contributed by atoms with Gasteiger partial charge in [0.15, 0.2) is 0 Å². The summed E-state index contributed by atoms with van der Waals surface area (Å²) in [5, 5.41) is 3.94. The van der Waals surface area contributed by atoms with Gasteiger partial charge in [0.25, 0.3) is 5.91 Å². The number of hydrogen-bond acceptors (Lipinski definition) is 4. The van der Waals surface area contributed by atoms with Gasteiger partial charge in [-0.05, 0) is 24.1 Å². The fourth-order valence-electron chi connectivity index (χ4n) is 2.29. The molecule has 1 amide bonds. The van der Waals surface area contributed by atoms with Crippen molar-refractivity contribution in [3.63, 3.8) is 0 Å². The standard InChI is InChI=1S/C19H16N4O2/c1-13-7-5-6-10-15(13)12-20-23-18(24)17-11-16(21-19(25)22-17)14-8-3-2-4-9-14/h2-12H,1H3,(H,23,24)(H,21,22,25)/b20-12+.